The number of nitrogens with zero attached hydrogens (tertiary/aromatic N) is 1. The van der Waals surface area contributed by atoms with Crippen molar-refractivity contribution in [3.63, 3.8) is 0 Å². The van der Waals surface area contributed by atoms with E-state index in [2.05, 4.69) is 0 Å². The first-order valence-corrected chi connectivity index (χ1v) is 9.01. The molecule has 136 valence electrons. The molecular formula is C16H11ClF2N2O4S. The van der Waals surface area contributed by atoms with Crippen molar-refractivity contribution in [2.45, 2.75) is 11.8 Å². The highest BCUT2D eigenvalue weighted by atomic mass is 35.5. The average molecular weight is 401 g/mol. The first kappa shape index (κ1) is 18.3. The maximum Gasteiger partial charge on any atom is 0.424 e. The van der Waals surface area contributed by atoms with Crippen LogP contribution in [0.25, 0.3) is 16.9 Å². The maximum atomic E-state index is 14.1. The topological polar surface area (TPSA) is 95.3 Å². The number of halogens is 3. The van der Waals surface area contributed by atoms with Crippen LogP contribution < -0.4 is 10.9 Å². The number of aryl methyl sites for hydroxylation is 1. The average Bonchev–Trinajstić information content (AvgIpc) is 2.89. The van der Waals surface area contributed by atoms with E-state index < -0.39 is 32.3 Å². The molecule has 0 radical (unpaired) electrons. The number of aromatic nitrogens is 1. The van der Waals surface area contributed by atoms with E-state index in [0.717, 1.165) is 28.5 Å². The summed E-state index contributed by atoms with van der Waals surface area (Å²) in [5.74, 6) is -3.58. The molecule has 0 saturated carbocycles. The van der Waals surface area contributed by atoms with Crippen molar-refractivity contribution in [2.75, 3.05) is 0 Å². The van der Waals surface area contributed by atoms with Crippen LogP contribution in [0.2, 0.25) is 5.02 Å². The molecule has 0 saturated heterocycles. The van der Waals surface area contributed by atoms with Crippen LogP contribution in [0, 0.1) is 18.6 Å². The van der Waals surface area contributed by atoms with Crippen molar-refractivity contribution in [1.82, 2.24) is 4.57 Å². The number of benzene rings is 2. The number of nitrogens with two attached hydrogens (primary N) is 1. The van der Waals surface area contributed by atoms with Crippen LogP contribution in [0.4, 0.5) is 8.78 Å². The lowest BCUT2D eigenvalue weighted by atomic mass is 10.1. The van der Waals surface area contributed by atoms with Crippen LogP contribution in [0.15, 0.2) is 50.7 Å². The Balaban J connectivity index is 2.24. The van der Waals surface area contributed by atoms with E-state index in [1.807, 2.05) is 0 Å². The van der Waals surface area contributed by atoms with E-state index in [9.17, 15) is 22.0 Å². The van der Waals surface area contributed by atoms with Crippen LogP contribution >= 0.6 is 11.6 Å². The van der Waals surface area contributed by atoms with E-state index in [0.29, 0.717) is 10.7 Å². The molecule has 1 heterocycles. The Morgan fingerprint density at radius 1 is 1.15 bits per heavy atom. The quantitative estimate of drug-likeness (QED) is 0.731. The smallest absolute Gasteiger partial charge is 0.415 e. The van der Waals surface area contributed by atoms with Crippen molar-refractivity contribution in [3.8, 4) is 16.9 Å². The number of oxazole rings is 1. The summed E-state index contributed by atoms with van der Waals surface area (Å²) in [4.78, 5) is 10.8. The van der Waals surface area contributed by atoms with E-state index in [4.69, 9.17) is 21.2 Å². The number of sulfonamides is 1. The molecule has 6 nitrogen and oxygen atoms in total. The first-order valence-electron chi connectivity index (χ1n) is 7.09. The second-order valence-electron chi connectivity index (χ2n) is 5.47. The maximum absolute atomic E-state index is 14.1. The normalized spacial score (nSPS) is 11.7. The van der Waals surface area contributed by atoms with Gasteiger partial charge in [-0.2, -0.15) is 0 Å². The summed E-state index contributed by atoms with van der Waals surface area (Å²) in [6.07, 6.45) is 1.00. The lowest BCUT2D eigenvalue weighted by Gasteiger charge is -2.10. The molecule has 26 heavy (non-hydrogen) atoms. The molecule has 2 N–H and O–H groups in total. The Bertz CT molecular complexity index is 1160. The molecule has 2 aromatic carbocycles. The Morgan fingerprint density at radius 2 is 1.77 bits per heavy atom. The molecule has 10 heteroatoms. The summed E-state index contributed by atoms with van der Waals surface area (Å²) in [5.41, 5.74) is 0.970. The second kappa shape index (κ2) is 6.35. The summed E-state index contributed by atoms with van der Waals surface area (Å²) in [7, 11) is -4.59. The molecule has 0 bridgehead atoms. The van der Waals surface area contributed by atoms with Crippen LogP contribution in [0.5, 0.6) is 0 Å². The molecular weight excluding hydrogens is 390 g/mol. The van der Waals surface area contributed by atoms with E-state index in [1.165, 1.54) is 6.07 Å². The summed E-state index contributed by atoms with van der Waals surface area (Å²) in [6, 6.07) is 6.22. The van der Waals surface area contributed by atoms with E-state index in [1.54, 1.807) is 19.1 Å². The van der Waals surface area contributed by atoms with Gasteiger partial charge in [-0.3, -0.25) is 0 Å². The summed E-state index contributed by atoms with van der Waals surface area (Å²) < 4.78 is 56.7. The molecule has 0 aliphatic rings. The van der Waals surface area contributed by atoms with Gasteiger partial charge in [-0.05, 0) is 36.8 Å². The molecule has 0 amide bonds. The van der Waals surface area contributed by atoms with Gasteiger partial charge in [-0.25, -0.2) is 31.7 Å². The molecule has 3 aromatic rings. The predicted octanol–water partition coefficient (Wildman–Crippen LogP) is 2.98. The van der Waals surface area contributed by atoms with Gasteiger partial charge in [0.1, 0.15) is 17.9 Å². The Kier molecular flexibility index (Phi) is 4.47. The van der Waals surface area contributed by atoms with Crippen LogP contribution in [0.3, 0.4) is 0 Å². The van der Waals surface area contributed by atoms with Crippen molar-refractivity contribution in [1.29, 1.82) is 0 Å². The van der Waals surface area contributed by atoms with Gasteiger partial charge in [0.2, 0.25) is 10.0 Å². The van der Waals surface area contributed by atoms with E-state index in [-0.39, 0.29) is 11.3 Å². The van der Waals surface area contributed by atoms with Crippen LogP contribution in [-0.4, -0.2) is 13.0 Å². The van der Waals surface area contributed by atoms with Crippen LogP contribution in [-0.2, 0) is 10.0 Å². The van der Waals surface area contributed by atoms with Gasteiger partial charge in [0.05, 0.1) is 11.4 Å². The zero-order valence-electron chi connectivity index (χ0n) is 13.2. The third-order valence-electron chi connectivity index (χ3n) is 3.69. The SMILES string of the molecule is Cc1ccc(-n2c(-c3cc(F)c(S(N)(=O)=O)c(F)c3)coc2=O)cc1Cl. The first-order chi connectivity index (χ1) is 12.1. The third-order valence-corrected chi connectivity index (χ3v) is 5.05. The minimum Gasteiger partial charge on any atom is -0.415 e. The standard InChI is InChI=1S/C16H11ClF2N2O4S/c1-8-2-3-10(6-11(8)17)21-14(7-25-16(21)22)9-4-12(18)15(13(19)5-9)26(20,23)24/h2-7H,1H3,(H2,20,23,24). The van der Waals surface area contributed by atoms with E-state index >= 15 is 0 Å². The number of rotatable bonds is 3. The molecule has 0 unspecified atom stereocenters. The van der Waals surface area contributed by atoms with Crippen molar-refractivity contribution >= 4 is 21.6 Å². The van der Waals surface area contributed by atoms with Gasteiger partial charge in [-0.15, -0.1) is 0 Å². The minimum absolute atomic E-state index is 0.00805. The zero-order valence-corrected chi connectivity index (χ0v) is 14.7. The number of hydrogen-bond donors (Lipinski definition) is 1. The van der Waals surface area contributed by atoms with Gasteiger partial charge in [-0.1, -0.05) is 17.7 Å². The van der Waals surface area contributed by atoms with Gasteiger partial charge < -0.3 is 4.42 Å². The minimum atomic E-state index is -4.59. The Morgan fingerprint density at radius 3 is 2.31 bits per heavy atom. The lowest BCUT2D eigenvalue weighted by Crippen LogP contribution is -2.17. The number of hydrogen-bond acceptors (Lipinski definition) is 4. The Labute approximate surface area is 151 Å². The summed E-state index contributed by atoms with van der Waals surface area (Å²) in [5, 5.41) is 5.19. The molecule has 0 atom stereocenters. The molecule has 0 aliphatic carbocycles. The monoisotopic (exact) mass is 400 g/mol. The molecule has 0 spiro atoms. The fraction of sp³-hybridized carbons (Fsp3) is 0.0625. The highest BCUT2D eigenvalue weighted by Crippen LogP contribution is 2.28. The molecule has 3 rings (SSSR count). The van der Waals surface area contributed by atoms with Gasteiger partial charge in [0, 0.05) is 10.6 Å². The molecule has 0 aliphatic heterocycles. The largest absolute Gasteiger partial charge is 0.424 e. The highest BCUT2D eigenvalue weighted by molar-refractivity contribution is 7.89. The lowest BCUT2D eigenvalue weighted by molar-refractivity contribution is 0.504. The fourth-order valence-corrected chi connectivity index (χ4v) is 3.29. The molecule has 1 aromatic heterocycles. The molecule has 0 fully saturated rings. The van der Waals surface area contributed by atoms with Gasteiger partial charge in [0.15, 0.2) is 4.90 Å². The summed E-state index contributed by atoms with van der Waals surface area (Å²) >= 11 is 6.06. The fourth-order valence-electron chi connectivity index (χ4n) is 2.45. The van der Waals surface area contributed by atoms with Gasteiger partial charge >= 0.3 is 5.76 Å². The van der Waals surface area contributed by atoms with Crippen LogP contribution in [0.1, 0.15) is 5.56 Å². The van der Waals surface area contributed by atoms with Crippen molar-refractivity contribution in [2.24, 2.45) is 5.14 Å². The predicted molar refractivity (Wildman–Crippen MR) is 90.8 cm³/mol. The second-order valence-corrected chi connectivity index (χ2v) is 7.38. The van der Waals surface area contributed by atoms with Crippen molar-refractivity contribution in [3.05, 3.63) is 69.4 Å². The highest BCUT2D eigenvalue weighted by Gasteiger charge is 2.23. The third kappa shape index (κ3) is 3.16. The van der Waals surface area contributed by atoms with Gasteiger partial charge in [0.25, 0.3) is 0 Å². The summed E-state index contributed by atoms with van der Waals surface area (Å²) in [6.45, 7) is 1.77. The zero-order chi connectivity index (χ0) is 19.2. The number of primary sulfonamides is 1. The Hall–Kier alpha value is -2.49. The van der Waals surface area contributed by atoms with Crippen molar-refractivity contribution < 1.29 is 21.6 Å².